The Morgan fingerprint density at radius 2 is 2.04 bits per heavy atom. The van der Waals surface area contributed by atoms with Crippen molar-refractivity contribution in [3.05, 3.63) is 53.5 Å². The van der Waals surface area contributed by atoms with Crippen LogP contribution in [0, 0.1) is 6.92 Å². The minimum atomic E-state index is -3.78. The lowest BCUT2D eigenvalue weighted by Crippen LogP contribution is -2.16. The third-order valence-electron chi connectivity index (χ3n) is 4.17. The Bertz CT molecular complexity index is 1040. The van der Waals surface area contributed by atoms with Gasteiger partial charge in [-0.1, -0.05) is 12.1 Å². The van der Waals surface area contributed by atoms with E-state index in [1.807, 2.05) is 19.2 Å². The second kappa shape index (κ2) is 5.29. The van der Waals surface area contributed by atoms with Crippen molar-refractivity contribution in [3.63, 3.8) is 0 Å². The lowest BCUT2D eigenvalue weighted by molar-refractivity contribution is 0.353. The highest BCUT2D eigenvalue weighted by Crippen LogP contribution is 2.30. The van der Waals surface area contributed by atoms with E-state index in [9.17, 15) is 8.42 Å². The van der Waals surface area contributed by atoms with Crippen molar-refractivity contribution in [3.8, 4) is 0 Å². The number of aromatic nitrogens is 3. The third kappa shape index (κ3) is 2.35. The average Bonchev–Trinajstić information content (AvgIpc) is 3.06. The van der Waals surface area contributed by atoms with Crippen molar-refractivity contribution < 1.29 is 8.42 Å². The summed E-state index contributed by atoms with van der Waals surface area (Å²) in [6, 6.07) is 7.41. The topological polar surface area (TPSA) is 79.6 Å². The smallest absolute Gasteiger partial charge is 0.267 e. The van der Waals surface area contributed by atoms with E-state index >= 15 is 0 Å². The van der Waals surface area contributed by atoms with Gasteiger partial charge in [-0.2, -0.15) is 5.10 Å². The Balaban J connectivity index is 1.80. The zero-order chi connectivity index (χ0) is 16.9. The van der Waals surface area contributed by atoms with E-state index in [-0.39, 0.29) is 4.90 Å². The number of hydrogen-bond donors (Lipinski definition) is 1. The summed E-state index contributed by atoms with van der Waals surface area (Å²) < 4.78 is 30.1. The molecule has 0 saturated carbocycles. The Morgan fingerprint density at radius 3 is 2.88 bits per heavy atom. The predicted octanol–water partition coefficient (Wildman–Crippen LogP) is 1.78. The van der Waals surface area contributed by atoms with Gasteiger partial charge in [-0.05, 0) is 37.2 Å². The molecule has 1 aromatic carbocycles. The maximum absolute atomic E-state index is 13.0. The number of hydrogen-bond acceptors (Lipinski definition) is 5. The summed E-state index contributed by atoms with van der Waals surface area (Å²) in [7, 11) is -1.77. The highest BCUT2D eigenvalue weighted by Gasteiger charge is 2.27. The first kappa shape index (κ1) is 15.1. The molecule has 24 heavy (non-hydrogen) atoms. The Labute approximate surface area is 140 Å². The van der Waals surface area contributed by atoms with Crippen molar-refractivity contribution >= 4 is 21.4 Å². The lowest BCUT2D eigenvalue weighted by atomic mass is 10.1. The number of rotatable bonds is 3. The summed E-state index contributed by atoms with van der Waals surface area (Å²) >= 11 is 0. The van der Waals surface area contributed by atoms with Gasteiger partial charge < -0.3 is 0 Å². The standard InChI is InChI=1S/C16H17N5O2S/c1-11-15(16-17-7-4-8-21(16)18-11)24(22,23)19-14-6-3-5-12-9-20(2)10-13(12)14/h3-8,19H,9-10H2,1-2H3. The first-order valence-electron chi connectivity index (χ1n) is 7.58. The summed E-state index contributed by atoms with van der Waals surface area (Å²) in [5.74, 6) is 0. The van der Waals surface area contributed by atoms with Gasteiger partial charge in [-0.15, -0.1) is 0 Å². The number of nitrogens with one attached hydrogen (secondary N) is 1. The molecule has 3 heterocycles. The fourth-order valence-electron chi connectivity index (χ4n) is 3.17. The monoisotopic (exact) mass is 343 g/mol. The molecule has 2 aromatic heterocycles. The first-order chi connectivity index (χ1) is 11.5. The number of nitrogens with zero attached hydrogens (tertiary/aromatic N) is 4. The molecule has 0 amide bonds. The number of fused-ring (bicyclic) bond motifs is 2. The summed E-state index contributed by atoms with van der Waals surface area (Å²) in [6.07, 6.45) is 3.24. The molecule has 0 saturated heterocycles. The Kier molecular flexibility index (Phi) is 3.33. The van der Waals surface area contributed by atoms with Crippen LogP contribution in [0.5, 0.6) is 0 Å². The maximum atomic E-state index is 13.0. The van der Waals surface area contributed by atoms with Crippen molar-refractivity contribution in [2.75, 3.05) is 11.8 Å². The van der Waals surface area contributed by atoms with E-state index in [0.717, 1.165) is 24.2 Å². The van der Waals surface area contributed by atoms with Crippen LogP contribution in [-0.2, 0) is 23.1 Å². The Hall–Kier alpha value is -2.45. The molecule has 0 spiro atoms. The molecular weight excluding hydrogens is 326 g/mol. The van der Waals surface area contributed by atoms with Crippen LogP contribution in [0.3, 0.4) is 0 Å². The Morgan fingerprint density at radius 1 is 1.21 bits per heavy atom. The van der Waals surface area contributed by atoms with Crippen LogP contribution in [0.25, 0.3) is 5.65 Å². The minimum absolute atomic E-state index is 0.118. The molecular formula is C16H17N5O2S. The van der Waals surface area contributed by atoms with Crippen molar-refractivity contribution in [1.29, 1.82) is 0 Å². The fourth-order valence-corrected chi connectivity index (χ4v) is 4.57. The largest absolute Gasteiger partial charge is 0.298 e. The maximum Gasteiger partial charge on any atom is 0.267 e. The van der Waals surface area contributed by atoms with E-state index in [4.69, 9.17) is 0 Å². The molecule has 0 fully saturated rings. The molecule has 0 unspecified atom stereocenters. The molecule has 1 aliphatic heterocycles. The van der Waals surface area contributed by atoms with E-state index in [2.05, 4.69) is 19.7 Å². The summed E-state index contributed by atoms with van der Waals surface area (Å²) in [4.78, 5) is 6.43. The number of benzene rings is 1. The molecule has 124 valence electrons. The van der Waals surface area contributed by atoms with Crippen LogP contribution in [0.4, 0.5) is 5.69 Å². The fraction of sp³-hybridized carbons (Fsp3) is 0.250. The van der Waals surface area contributed by atoms with Gasteiger partial charge in [0, 0.05) is 25.5 Å². The minimum Gasteiger partial charge on any atom is -0.298 e. The normalized spacial score (nSPS) is 14.9. The van der Waals surface area contributed by atoms with Crippen LogP contribution >= 0.6 is 0 Å². The third-order valence-corrected chi connectivity index (χ3v) is 5.68. The second-order valence-electron chi connectivity index (χ2n) is 6.02. The molecule has 1 N–H and O–H groups in total. The van der Waals surface area contributed by atoms with Gasteiger partial charge in [0.1, 0.15) is 0 Å². The predicted molar refractivity (Wildman–Crippen MR) is 90.1 cm³/mol. The molecule has 8 heteroatoms. The van der Waals surface area contributed by atoms with Gasteiger partial charge in [0.15, 0.2) is 10.5 Å². The lowest BCUT2D eigenvalue weighted by Gasteiger charge is -2.11. The number of sulfonamides is 1. The van der Waals surface area contributed by atoms with E-state index in [1.54, 1.807) is 31.5 Å². The van der Waals surface area contributed by atoms with Gasteiger partial charge in [-0.25, -0.2) is 17.9 Å². The summed E-state index contributed by atoms with van der Waals surface area (Å²) in [6.45, 7) is 3.22. The second-order valence-corrected chi connectivity index (χ2v) is 7.64. The average molecular weight is 343 g/mol. The molecule has 0 radical (unpaired) electrons. The van der Waals surface area contributed by atoms with Crippen molar-refractivity contribution in [2.24, 2.45) is 0 Å². The summed E-state index contributed by atoms with van der Waals surface area (Å²) in [5.41, 5.74) is 3.53. The molecule has 3 aromatic rings. The van der Waals surface area contributed by atoms with Crippen molar-refractivity contribution in [2.45, 2.75) is 24.9 Å². The van der Waals surface area contributed by atoms with Gasteiger partial charge in [0.2, 0.25) is 0 Å². The summed E-state index contributed by atoms with van der Waals surface area (Å²) in [5, 5.41) is 4.23. The van der Waals surface area contributed by atoms with Gasteiger partial charge >= 0.3 is 0 Å². The van der Waals surface area contributed by atoms with Crippen LogP contribution in [-0.4, -0.2) is 35.0 Å². The molecule has 4 rings (SSSR count). The molecule has 0 aliphatic carbocycles. The van der Waals surface area contributed by atoms with Crippen LogP contribution in [0.2, 0.25) is 0 Å². The highest BCUT2D eigenvalue weighted by atomic mass is 32.2. The van der Waals surface area contributed by atoms with Crippen LogP contribution in [0.15, 0.2) is 41.6 Å². The highest BCUT2D eigenvalue weighted by molar-refractivity contribution is 7.93. The van der Waals surface area contributed by atoms with Gasteiger partial charge in [0.05, 0.1) is 11.4 Å². The van der Waals surface area contributed by atoms with Crippen molar-refractivity contribution in [1.82, 2.24) is 19.5 Å². The molecule has 0 atom stereocenters. The quantitative estimate of drug-likeness (QED) is 0.784. The molecule has 1 aliphatic rings. The van der Waals surface area contributed by atoms with E-state index in [1.165, 1.54) is 4.52 Å². The zero-order valence-corrected chi connectivity index (χ0v) is 14.2. The molecule has 0 bridgehead atoms. The number of anilines is 1. The van der Waals surface area contributed by atoms with E-state index in [0.29, 0.717) is 17.0 Å². The van der Waals surface area contributed by atoms with Gasteiger partial charge in [0.25, 0.3) is 10.0 Å². The first-order valence-corrected chi connectivity index (χ1v) is 9.06. The SMILES string of the molecule is Cc1nn2cccnc2c1S(=O)(=O)Nc1cccc2c1CN(C)C2. The van der Waals surface area contributed by atoms with Crippen LogP contribution < -0.4 is 4.72 Å². The molecule has 7 nitrogen and oxygen atoms in total. The van der Waals surface area contributed by atoms with Gasteiger partial charge in [-0.3, -0.25) is 9.62 Å². The van der Waals surface area contributed by atoms with E-state index < -0.39 is 10.0 Å². The number of aryl methyl sites for hydroxylation is 1. The zero-order valence-electron chi connectivity index (χ0n) is 13.4. The van der Waals surface area contributed by atoms with Crippen LogP contribution in [0.1, 0.15) is 16.8 Å².